The molecule has 6 heteroatoms. The lowest BCUT2D eigenvalue weighted by molar-refractivity contribution is -0.140. The molecule has 3 aromatic rings. The standard InChI is InChI=1S/C20H22N2O3S/c1-3-5-10-25-18(23)13-26-20-21-17-12-15-9-7-6-8-14(15)11-16(17)19(24)22(20)4-2/h6-9,11-12H,3-5,10,13H2,1-2H3. The molecule has 3 rings (SSSR count). The molecule has 0 bridgehead atoms. The van der Waals surface area contributed by atoms with Crippen LogP contribution < -0.4 is 5.56 Å². The molecule has 5 nitrogen and oxygen atoms in total. The van der Waals surface area contributed by atoms with Crippen molar-refractivity contribution >= 4 is 39.4 Å². The molecule has 0 spiro atoms. The number of aromatic nitrogens is 2. The first-order valence-electron chi connectivity index (χ1n) is 8.85. The number of hydrogen-bond acceptors (Lipinski definition) is 5. The number of rotatable bonds is 7. The second-order valence-electron chi connectivity index (χ2n) is 6.02. The largest absolute Gasteiger partial charge is 0.465 e. The molecule has 26 heavy (non-hydrogen) atoms. The van der Waals surface area contributed by atoms with Crippen LogP contribution in [-0.2, 0) is 16.1 Å². The Morgan fingerprint density at radius 2 is 1.92 bits per heavy atom. The summed E-state index contributed by atoms with van der Waals surface area (Å²) in [6.07, 6.45) is 1.84. The van der Waals surface area contributed by atoms with Crippen molar-refractivity contribution in [3.05, 3.63) is 46.8 Å². The van der Waals surface area contributed by atoms with Gasteiger partial charge in [-0.25, -0.2) is 4.98 Å². The summed E-state index contributed by atoms with van der Waals surface area (Å²) in [6, 6.07) is 11.7. The molecule has 0 radical (unpaired) electrons. The van der Waals surface area contributed by atoms with E-state index in [1.807, 2.05) is 50.2 Å². The Hall–Kier alpha value is -2.34. The van der Waals surface area contributed by atoms with Gasteiger partial charge in [0.1, 0.15) is 0 Å². The monoisotopic (exact) mass is 370 g/mol. The molecule has 0 saturated carbocycles. The fourth-order valence-corrected chi connectivity index (χ4v) is 3.63. The van der Waals surface area contributed by atoms with Gasteiger partial charge in [0.2, 0.25) is 0 Å². The van der Waals surface area contributed by atoms with Crippen molar-refractivity contribution in [2.24, 2.45) is 0 Å². The average molecular weight is 370 g/mol. The third kappa shape index (κ3) is 3.90. The van der Waals surface area contributed by atoms with Gasteiger partial charge in [-0.05, 0) is 36.2 Å². The van der Waals surface area contributed by atoms with Gasteiger partial charge in [0.25, 0.3) is 5.56 Å². The van der Waals surface area contributed by atoms with Gasteiger partial charge in [0.05, 0.1) is 23.3 Å². The lowest BCUT2D eigenvalue weighted by Gasteiger charge is -2.11. The zero-order valence-corrected chi connectivity index (χ0v) is 15.8. The second kappa shape index (κ2) is 8.36. The van der Waals surface area contributed by atoms with Gasteiger partial charge in [0.15, 0.2) is 5.16 Å². The Bertz CT molecular complexity index is 997. The number of esters is 1. The van der Waals surface area contributed by atoms with Crippen molar-refractivity contribution in [3.8, 4) is 0 Å². The van der Waals surface area contributed by atoms with Crippen molar-refractivity contribution < 1.29 is 9.53 Å². The van der Waals surface area contributed by atoms with E-state index in [1.165, 1.54) is 11.8 Å². The first-order valence-corrected chi connectivity index (χ1v) is 9.84. The van der Waals surface area contributed by atoms with E-state index in [2.05, 4.69) is 4.98 Å². The normalized spacial score (nSPS) is 11.2. The third-order valence-corrected chi connectivity index (χ3v) is 5.13. The first-order chi connectivity index (χ1) is 12.6. The molecule has 1 heterocycles. The third-order valence-electron chi connectivity index (χ3n) is 4.18. The number of hydrogen-bond donors (Lipinski definition) is 0. The molecule has 0 aliphatic heterocycles. The van der Waals surface area contributed by atoms with Gasteiger partial charge in [0, 0.05) is 6.54 Å². The summed E-state index contributed by atoms with van der Waals surface area (Å²) in [5.74, 6) is -0.131. The van der Waals surface area contributed by atoms with E-state index in [-0.39, 0.29) is 17.3 Å². The first kappa shape index (κ1) is 18.5. The summed E-state index contributed by atoms with van der Waals surface area (Å²) in [5.41, 5.74) is 0.574. The number of unbranched alkanes of at least 4 members (excludes halogenated alkanes) is 1. The number of nitrogens with zero attached hydrogens (tertiary/aromatic N) is 2. The molecular formula is C20H22N2O3S. The van der Waals surface area contributed by atoms with Crippen molar-refractivity contribution in [3.63, 3.8) is 0 Å². The van der Waals surface area contributed by atoms with E-state index in [9.17, 15) is 9.59 Å². The minimum Gasteiger partial charge on any atom is -0.465 e. The summed E-state index contributed by atoms with van der Waals surface area (Å²) in [5, 5.41) is 3.20. The van der Waals surface area contributed by atoms with Crippen LogP contribution in [0.3, 0.4) is 0 Å². The molecule has 1 aromatic heterocycles. The molecule has 2 aromatic carbocycles. The maximum atomic E-state index is 12.9. The SMILES string of the molecule is CCCCOC(=O)CSc1nc2cc3ccccc3cc2c(=O)n1CC. The Kier molecular flexibility index (Phi) is 5.93. The van der Waals surface area contributed by atoms with E-state index >= 15 is 0 Å². The number of benzene rings is 2. The van der Waals surface area contributed by atoms with Gasteiger partial charge in [-0.15, -0.1) is 0 Å². The highest BCUT2D eigenvalue weighted by molar-refractivity contribution is 7.99. The number of fused-ring (bicyclic) bond motifs is 2. The molecule has 0 atom stereocenters. The molecule has 0 saturated heterocycles. The molecular weight excluding hydrogens is 348 g/mol. The van der Waals surface area contributed by atoms with E-state index in [4.69, 9.17) is 4.74 Å². The summed E-state index contributed by atoms with van der Waals surface area (Å²) < 4.78 is 6.79. The van der Waals surface area contributed by atoms with Crippen LogP contribution in [0.15, 0.2) is 46.3 Å². The summed E-state index contributed by atoms with van der Waals surface area (Å²) in [7, 11) is 0. The highest BCUT2D eigenvalue weighted by Gasteiger charge is 2.13. The smallest absolute Gasteiger partial charge is 0.316 e. The van der Waals surface area contributed by atoms with Crippen LogP contribution in [0.2, 0.25) is 0 Å². The predicted molar refractivity (Wildman–Crippen MR) is 106 cm³/mol. The predicted octanol–water partition coefficient (Wildman–Crippen LogP) is 4.01. The number of carbonyl (C=O) groups is 1. The van der Waals surface area contributed by atoms with Crippen molar-refractivity contribution in [1.29, 1.82) is 0 Å². The van der Waals surface area contributed by atoms with E-state index in [1.54, 1.807) is 4.57 Å². The molecule has 136 valence electrons. The zero-order chi connectivity index (χ0) is 18.5. The zero-order valence-electron chi connectivity index (χ0n) is 15.0. The van der Waals surface area contributed by atoms with Gasteiger partial charge in [-0.2, -0.15) is 0 Å². The lowest BCUT2D eigenvalue weighted by Crippen LogP contribution is -2.23. The Morgan fingerprint density at radius 1 is 1.19 bits per heavy atom. The van der Waals surface area contributed by atoms with Crippen molar-refractivity contribution in [2.75, 3.05) is 12.4 Å². The minimum absolute atomic E-state index is 0.0786. The highest BCUT2D eigenvalue weighted by atomic mass is 32.2. The maximum absolute atomic E-state index is 12.9. The molecule has 0 amide bonds. The Balaban J connectivity index is 1.93. The van der Waals surface area contributed by atoms with Crippen LogP contribution in [0.1, 0.15) is 26.7 Å². The van der Waals surface area contributed by atoms with Crippen LogP contribution in [0, 0.1) is 0 Å². The topological polar surface area (TPSA) is 61.2 Å². The van der Waals surface area contributed by atoms with Crippen molar-refractivity contribution in [1.82, 2.24) is 9.55 Å². The van der Waals surface area contributed by atoms with Crippen molar-refractivity contribution in [2.45, 2.75) is 38.4 Å². The maximum Gasteiger partial charge on any atom is 0.316 e. The Morgan fingerprint density at radius 3 is 2.62 bits per heavy atom. The summed E-state index contributed by atoms with van der Waals surface area (Å²) >= 11 is 1.25. The van der Waals surface area contributed by atoms with Crippen LogP contribution >= 0.6 is 11.8 Å². The van der Waals surface area contributed by atoms with Crippen LogP contribution in [-0.4, -0.2) is 27.9 Å². The fourth-order valence-electron chi connectivity index (χ4n) is 2.77. The Labute approximate surface area is 156 Å². The van der Waals surface area contributed by atoms with Crippen LogP contribution in [0.25, 0.3) is 21.7 Å². The fraction of sp³-hybridized carbons (Fsp3) is 0.350. The minimum atomic E-state index is -0.279. The van der Waals surface area contributed by atoms with Gasteiger partial charge in [-0.1, -0.05) is 49.4 Å². The molecule has 0 N–H and O–H groups in total. The summed E-state index contributed by atoms with van der Waals surface area (Å²) in [4.78, 5) is 29.4. The van der Waals surface area contributed by atoms with Crippen LogP contribution in [0.5, 0.6) is 0 Å². The van der Waals surface area contributed by atoms with Gasteiger partial charge >= 0.3 is 5.97 Å². The lowest BCUT2D eigenvalue weighted by atomic mass is 10.1. The molecule has 0 fully saturated rings. The average Bonchev–Trinajstić information content (AvgIpc) is 2.65. The summed E-state index contributed by atoms with van der Waals surface area (Å²) in [6.45, 7) is 4.89. The second-order valence-corrected chi connectivity index (χ2v) is 6.97. The van der Waals surface area contributed by atoms with E-state index in [0.29, 0.717) is 29.2 Å². The van der Waals surface area contributed by atoms with Crippen LogP contribution in [0.4, 0.5) is 0 Å². The van der Waals surface area contributed by atoms with Gasteiger partial charge < -0.3 is 4.74 Å². The highest BCUT2D eigenvalue weighted by Crippen LogP contribution is 2.22. The number of ether oxygens (including phenoxy) is 1. The van der Waals surface area contributed by atoms with E-state index in [0.717, 1.165) is 23.6 Å². The number of carbonyl (C=O) groups excluding carboxylic acids is 1. The molecule has 0 aliphatic carbocycles. The number of thioether (sulfide) groups is 1. The van der Waals surface area contributed by atoms with Gasteiger partial charge in [-0.3, -0.25) is 14.2 Å². The molecule has 0 aliphatic rings. The molecule has 0 unspecified atom stereocenters. The quantitative estimate of drug-likeness (QED) is 0.207. The van der Waals surface area contributed by atoms with E-state index < -0.39 is 0 Å².